The summed E-state index contributed by atoms with van der Waals surface area (Å²) in [7, 11) is 0. The fourth-order valence-electron chi connectivity index (χ4n) is 3.90. The molecule has 1 aromatic heterocycles. The number of benzene rings is 1. The molecule has 3 heterocycles. The molecule has 0 saturated carbocycles. The Morgan fingerprint density at radius 2 is 1.89 bits per heavy atom. The molecule has 0 bridgehead atoms. The van der Waals surface area contributed by atoms with Gasteiger partial charge < -0.3 is 26.0 Å². The maximum Gasteiger partial charge on any atom is 0.247 e. The zero-order valence-electron chi connectivity index (χ0n) is 19.4. The number of amidine groups is 1. The first-order valence-corrected chi connectivity index (χ1v) is 11.5. The first kappa shape index (κ1) is 24.1. The largest absolute Gasteiger partial charge is 0.378 e. The number of rotatable bonds is 7. The van der Waals surface area contributed by atoms with Gasteiger partial charge in [-0.3, -0.25) is 9.59 Å². The summed E-state index contributed by atoms with van der Waals surface area (Å²) in [6.07, 6.45) is 7.52. The Balaban J connectivity index is 1.40. The molecule has 4 N–H and O–H groups in total. The van der Waals surface area contributed by atoms with Crippen LogP contribution in [0, 0.1) is 5.92 Å². The van der Waals surface area contributed by atoms with Crippen molar-refractivity contribution in [2.45, 2.75) is 12.8 Å². The lowest BCUT2D eigenvalue weighted by Gasteiger charge is -2.33. The van der Waals surface area contributed by atoms with E-state index >= 15 is 0 Å². The van der Waals surface area contributed by atoms with E-state index < -0.39 is 0 Å². The van der Waals surface area contributed by atoms with Gasteiger partial charge in [0.15, 0.2) is 0 Å². The number of morpholine rings is 1. The van der Waals surface area contributed by atoms with Gasteiger partial charge in [-0.25, -0.2) is 15.0 Å². The minimum atomic E-state index is -0.366. The number of carbonyl (C=O) groups excluding carboxylic acids is 2. The third kappa shape index (κ3) is 6.51. The van der Waals surface area contributed by atoms with Gasteiger partial charge in [-0.1, -0.05) is 18.7 Å². The van der Waals surface area contributed by atoms with Crippen molar-refractivity contribution < 1.29 is 14.3 Å². The van der Waals surface area contributed by atoms with E-state index in [1.165, 1.54) is 6.08 Å². The van der Waals surface area contributed by atoms with Gasteiger partial charge >= 0.3 is 0 Å². The summed E-state index contributed by atoms with van der Waals surface area (Å²) in [4.78, 5) is 39.6. The second-order valence-electron chi connectivity index (χ2n) is 8.25. The molecule has 1 saturated heterocycles. The highest BCUT2D eigenvalue weighted by molar-refractivity contribution is 5.99. The van der Waals surface area contributed by atoms with Gasteiger partial charge in [-0.05, 0) is 36.3 Å². The molecule has 2 amide bonds. The van der Waals surface area contributed by atoms with Crippen LogP contribution in [-0.4, -0.2) is 65.4 Å². The molecule has 10 heteroatoms. The van der Waals surface area contributed by atoms with Crippen molar-refractivity contribution in [1.29, 1.82) is 0 Å². The molecule has 0 spiro atoms. The highest BCUT2D eigenvalue weighted by Crippen LogP contribution is 2.26. The van der Waals surface area contributed by atoms with Crippen molar-refractivity contribution in [2.75, 3.05) is 43.9 Å². The number of nitrogens with one attached hydrogen (secondary N) is 2. The van der Waals surface area contributed by atoms with E-state index in [9.17, 15) is 9.59 Å². The Hall–Kier alpha value is -4.05. The van der Waals surface area contributed by atoms with Crippen LogP contribution in [0.5, 0.6) is 0 Å². The van der Waals surface area contributed by atoms with Crippen LogP contribution in [0.25, 0.3) is 5.70 Å². The van der Waals surface area contributed by atoms with E-state index in [0.717, 1.165) is 24.5 Å². The molecular formula is C25H29N7O3. The monoisotopic (exact) mass is 475 g/mol. The highest BCUT2D eigenvalue weighted by atomic mass is 16.5. The van der Waals surface area contributed by atoms with Gasteiger partial charge in [-0.2, -0.15) is 0 Å². The van der Waals surface area contributed by atoms with Crippen molar-refractivity contribution in [3.8, 4) is 0 Å². The first-order chi connectivity index (χ1) is 17.0. The van der Waals surface area contributed by atoms with Crippen molar-refractivity contribution in [3.05, 3.63) is 66.5 Å². The molecule has 182 valence electrons. The summed E-state index contributed by atoms with van der Waals surface area (Å²) in [5.74, 6) is 0.368. The van der Waals surface area contributed by atoms with Crippen molar-refractivity contribution >= 4 is 35.0 Å². The third-order valence-electron chi connectivity index (χ3n) is 5.81. The van der Waals surface area contributed by atoms with E-state index in [1.807, 2.05) is 30.3 Å². The topological polar surface area (TPSA) is 135 Å². The second-order valence-corrected chi connectivity index (χ2v) is 8.25. The zero-order chi connectivity index (χ0) is 24.6. The van der Waals surface area contributed by atoms with Crippen molar-refractivity contribution in [1.82, 2.24) is 20.2 Å². The zero-order valence-corrected chi connectivity index (χ0v) is 19.4. The number of nitrogens with two attached hydrogens (primary N) is 1. The van der Waals surface area contributed by atoms with Gasteiger partial charge in [0.25, 0.3) is 0 Å². The van der Waals surface area contributed by atoms with Crippen LogP contribution in [0.2, 0.25) is 0 Å². The molecule has 1 unspecified atom stereocenters. The van der Waals surface area contributed by atoms with Gasteiger partial charge in [0.05, 0.1) is 24.8 Å². The Morgan fingerprint density at radius 1 is 1.17 bits per heavy atom. The lowest BCUT2D eigenvalue weighted by molar-refractivity contribution is -0.123. The molecule has 2 aliphatic heterocycles. The molecule has 1 aromatic carbocycles. The number of ether oxygens (including phenoxy) is 1. The summed E-state index contributed by atoms with van der Waals surface area (Å²) in [6.45, 7) is 6.68. The summed E-state index contributed by atoms with van der Waals surface area (Å²) >= 11 is 0. The van der Waals surface area contributed by atoms with Crippen LogP contribution in [0.15, 0.2) is 60.4 Å². The third-order valence-corrected chi connectivity index (χ3v) is 5.81. The SMILES string of the molecule is C=CC(=O)Nc1ccc(CCNC(=O)C2C=C(c3cnc(N)nc3)N=C(N3CCOCC3)C2)cc1. The van der Waals surface area contributed by atoms with Crippen LogP contribution in [0.3, 0.4) is 0 Å². The standard InChI is InChI=1S/C25H29N7O3/c1-2-23(33)30-20-5-3-17(4-6-20)7-8-27-24(34)18-13-21(19-15-28-25(26)29-16-19)31-22(14-18)32-9-11-35-12-10-32/h2-6,13,15-16,18H,1,7-12,14H2,(H,27,34)(H,30,33)(H2,26,28,29). The average molecular weight is 476 g/mol. The Kier molecular flexibility index (Phi) is 7.84. The molecule has 4 rings (SSSR count). The minimum absolute atomic E-state index is 0.0608. The van der Waals surface area contributed by atoms with Crippen molar-refractivity contribution in [3.63, 3.8) is 0 Å². The molecule has 2 aromatic rings. The maximum atomic E-state index is 13.1. The summed E-state index contributed by atoms with van der Waals surface area (Å²) < 4.78 is 5.47. The number of nitrogen functional groups attached to an aromatic ring is 1. The summed E-state index contributed by atoms with van der Waals surface area (Å²) in [6, 6.07) is 7.50. The molecule has 0 aliphatic carbocycles. The van der Waals surface area contributed by atoms with Crippen LogP contribution in [0.4, 0.5) is 11.6 Å². The van der Waals surface area contributed by atoms with Gasteiger partial charge in [-0.15, -0.1) is 0 Å². The van der Waals surface area contributed by atoms with Gasteiger partial charge in [0.2, 0.25) is 17.8 Å². The number of hydrogen-bond acceptors (Lipinski definition) is 8. The number of carbonyl (C=O) groups is 2. The smallest absolute Gasteiger partial charge is 0.247 e. The van der Waals surface area contributed by atoms with E-state index in [2.05, 4.69) is 32.1 Å². The van der Waals surface area contributed by atoms with Crippen LogP contribution in [-0.2, 0) is 20.7 Å². The van der Waals surface area contributed by atoms with Gasteiger partial charge in [0.1, 0.15) is 5.84 Å². The molecule has 35 heavy (non-hydrogen) atoms. The van der Waals surface area contributed by atoms with Crippen LogP contribution in [0.1, 0.15) is 17.5 Å². The predicted octanol–water partition coefficient (Wildman–Crippen LogP) is 1.63. The maximum absolute atomic E-state index is 13.1. The van der Waals surface area contributed by atoms with Crippen LogP contribution < -0.4 is 16.4 Å². The molecule has 10 nitrogen and oxygen atoms in total. The van der Waals surface area contributed by atoms with Gasteiger partial charge in [0, 0.05) is 49.7 Å². The number of nitrogens with zero attached hydrogens (tertiary/aromatic N) is 4. The first-order valence-electron chi connectivity index (χ1n) is 11.5. The lowest BCUT2D eigenvalue weighted by atomic mass is 9.97. The quantitative estimate of drug-likeness (QED) is 0.518. The van der Waals surface area contributed by atoms with E-state index in [-0.39, 0.29) is 23.7 Å². The number of hydrogen-bond donors (Lipinski definition) is 3. The lowest BCUT2D eigenvalue weighted by Crippen LogP contribution is -2.44. The molecule has 1 fully saturated rings. The number of aliphatic imine (C=N–C) groups is 1. The van der Waals surface area contributed by atoms with E-state index in [4.69, 9.17) is 15.5 Å². The predicted molar refractivity (Wildman–Crippen MR) is 134 cm³/mol. The van der Waals surface area contributed by atoms with E-state index in [0.29, 0.717) is 49.5 Å². The molecule has 2 aliphatic rings. The summed E-state index contributed by atoms with van der Waals surface area (Å²) in [5, 5.41) is 5.76. The number of amides is 2. The summed E-state index contributed by atoms with van der Waals surface area (Å²) in [5.41, 5.74) is 8.75. The normalized spacial score (nSPS) is 17.7. The highest BCUT2D eigenvalue weighted by Gasteiger charge is 2.27. The minimum Gasteiger partial charge on any atom is -0.378 e. The second kappa shape index (κ2) is 11.4. The fourth-order valence-corrected chi connectivity index (χ4v) is 3.90. The Morgan fingerprint density at radius 3 is 2.57 bits per heavy atom. The fraction of sp³-hybridized carbons (Fsp3) is 0.320. The van der Waals surface area contributed by atoms with Crippen molar-refractivity contribution in [2.24, 2.45) is 10.9 Å². The number of aromatic nitrogens is 2. The Bertz CT molecular complexity index is 1120. The molecule has 0 radical (unpaired) electrons. The van der Waals surface area contributed by atoms with Crippen LogP contribution >= 0.6 is 0 Å². The average Bonchev–Trinajstić information content (AvgIpc) is 2.90. The Labute approximate surface area is 204 Å². The molecular weight excluding hydrogens is 446 g/mol. The molecule has 1 atom stereocenters. The number of anilines is 2. The van der Waals surface area contributed by atoms with E-state index in [1.54, 1.807) is 12.4 Å².